The van der Waals surface area contributed by atoms with E-state index in [-0.39, 0.29) is 17.1 Å². The summed E-state index contributed by atoms with van der Waals surface area (Å²) < 4.78 is 19.4. The van der Waals surface area contributed by atoms with Crippen molar-refractivity contribution in [1.29, 1.82) is 0 Å². The van der Waals surface area contributed by atoms with Crippen LogP contribution in [0.5, 0.6) is 11.5 Å². The molecule has 3 rings (SSSR count). The highest BCUT2D eigenvalue weighted by Gasteiger charge is 2.14. The Morgan fingerprint density at radius 1 is 1.00 bits per heavy atom. The number of nitro groups is 1. The van der Waals surface area contributed by atoms with Crippen molar-refractivity contribution >= 4 is 33.2 Å². The lowest BCUT2D eigenvalue weighted by Crippen LogP contribution is -2.12. The van der Waals surface area contributed by atoms with Gasteiger partial charge in [-0.2, -0.15) is 0 Å². The first-order chi connectivity index (χ1) is 12.9. The summed E-state index contributed by atoms with van der Waals surface area (Å²) in [6.07, 6.45) is 0. The molecule has 0 spiro atoms. The van der Waals surface area contributed by atoms with Crippen LogP contribution in [0.1, 0.15) is 10.4 Å². The average molecular weight is 431 g/mol. The van der Waals surface area contributed by atoms with Gasteiger partial charge >= 0.3 is 0 Å². The monoisotopic (exact) mass is 430 g/mol. The fourth-order valence-corrected chi connectivity index (χ4v) is 2.53. The Morgan fingerprint density at radius 2 is 1.67 bits per heavy atom. The van der Waals surface area contributed by atoms with Crippen molar-refractivity contribution < 1.29 is 18.8 Å². The van der Waals surface area contributed by atoms with Gasteiger partial charge in [0.15, 0.2) is 0 Å². The van der Waals surface area contributed by atoms with Gasteiger partial charge in [-0.1, -0.05) is 15.9 Å². The van der Waals surface area contributed by atoms with Gasteiger partial charge in [0.2, 0.25) is 0 Å². The number of nitro benzene ring substituents is 1. The molecular weight excluding hydrogens is 419 g/mol. The summed E-state index contributed by atoms with van der Waals surface area (Å²) in [5.41, 5.74) is 0.348. The first-order valence-electron chi connectivity index (χ1n) is 7.70. The molecule has 0 aliphatic carbocycles. The molecular formula is C19H12BrFN2O4. The number of carbonyl (C=O) groups is 1. The summed E-state index contributed by atoms with van der Waals surface area (Å²) in [6, 6.07) is 15.8. The van der Waals surface area contributed by atoms with Crippen LogP contribution < -0.4 is 10.1 Å². The highest BCUT2D eigenvalue weighted by atomic mass is 79.9. The van der Waals surface area contributed by atoms with Gasteiger partial charge < -0.3 is 10.1 Å². The van der Waals surface area contributed by atoms with E-state index < -0.39 is 16.6 Å². The summed E-state index contributed by atoms with van der Waals surface area (Å²) >= 11 is 3.29. The summed E-state index contributed by atoms with van der Waals surface area (Å²) in [5.74, 6) is -0.399. The van der Waals surface area contributed by atoms with E-state index >= 15 is 0 Å². The molecule has 136 valence electrons. The van der Waals surface area contributed by atoms with Crippen molar-refractivity contribution in [2.45, 2.75) is 0 Å². The first kappa shape index (κ1) is 18.5. The number of nitrogens with zero attached hydrogens (tertiary/aromatic N) is 1. The van der Waals surface area contributed by atoms with Gasteiger partial charge in [-0.15, -0.1) is 0 Å². The van der Waals surface area contributed by atoms with Gasteiger partial charge in [-0.25, -0.2) is 4.39 Å². The van der Waals surface area contributed by atoms with Crippen LogP contribution in [-0.4, -0.2) is 10.8 Å². The molecule has 1 amide bonds. The third-order valence-corrected chi connectivity index (χ3v) is 4.04. The number of hydrogen-bond donors (Lipinski definition) is 1. The molecule has 3 aromatic rings. The standard InChI is InChI=1S/C19H12BrFN2O4/c20-13-3-1-12(2-4-13)19(24)22-15-9-16(23(25)26)11-18(10-15)27-17-7-5-14(21)6-8-17/h1-11H,(H,22,24). The van der Waals surface area contributed by atoms with E-state index in [0.29, 0.717) is 11.3 Å². The van der Waals surface area contributed by atoms with Gasteiger partial charge in [0.25, 0.3) is 11.6 Å². The number of anilines is 1. The summed E-state index contributed by atoms with van der Waals surface area (Å²) in [5, 5.41) is 13.8. The van der Waals surface area contributed by atoms with Crippen molar-refractivity contribution in [2.24, 2.45) is 0 Å². The van der Waals surface area contributed by atoms with Crippen molar-refractivity contribution in [2.75, 3.05) is 5.32 Å². The molecule has 0 bridgehead atoms. The Hall–Kier alpha value is -3.26. The molecule has 27 heavy (non-hydrogen) atoms. The number of benzene rings is 3. The zero-order chi connectivity index (χ0) is 19.4. The summed E-state index contributed by atoms with van der Waals surface area (Å²) in [4.78, 5) is 22.9. The van der Waals surface area contributed by atoms with E-state index in [1.807, 2.05) is 0 Å². The molecule has 3 aromatic carbocycles. The number of hydrogen-bond acceptors (Lipinski definition) is 4. The average Bonchev–Trinajstić information content (AvgIpc) is 2.64. The Labute approximate surface area is 161 Å². The number of nitrogens with one attached hydrogen (secondary N) is 1. The molecule has 0 radical (unpaired) electrons. The molecule has 0 fully saturated rings. The minimum Gasteiger partial charge on any atom is -0.457 e. The molecule has 1 N–H and O–H groups in total. The van der Waals surface area contributed by atoms with Crippen LogP contribution >= 0.6 is 15.9 Å². The quantitative estimate of drug-likeness (QED) is 0.425. The Kier molecular flexibility index (Phi) is 5.46. The van der Waals surface area contributed by atoms with Crippen molar-refractivity contribution in [3.05, 3.63) is 92.7 Å². The van der Waals surface area contributed by atoms with Crippen LogP contribution in [0.4, 0.5) is 15.8 Å². The van der Waals surface area contributed by atoms with Crippen molar-refractivity contribution in [3.8, 4) is 11.5 Å². The second-order valence-corrected chi connectivity index (χ2v) is 6.41. The fraction of sp³-hybridized carbons (Fsp3) is 0. The van der Waals surface area contributed by atoms with E-state index in [0.717, 1.165) is 4.47 Å². The van der Waals surface area contributed by atoms with Crippen LogP contribution in [0.3, 0.4) is 0 Å². The van der Waals surface area contributed by atoms with Gasteiger partial charge in [-0.3, -0.25) is 14.9 Å². The minimum atomic E-state index is -0.590. The highest BCUT2D eigenvalue weighted by Crippen LogP contribution is 2.30. The maximum absolute atomic E-state index is 13.0. The molecule has 0 atom stereocenters. The molecule has 0 aromatic heterocycles. The fourth-order valence-electron chi connectivity index (χ4n) is 2.26. The number of amides is 1. The van der Waals surface area contributed by atoms with Crippen LogP contribution in [0.2, 0.25) is 0 Å². The van der Waals surface area contributed by atoms with E-state index in [9.17, 15) is 19.3 Å². The molecule has 8 heteroatoms. The zero-order valence-electron chi connectivity index (χ0n) is 13.7. The minimum absolute atomic E-state index is 0.141. The lowest BCUT2D eigenvalue weighted by Gasteiger charge is -2.10. The maximum Gasteiger partial charge on any atom is 0.275 e. The lowest BCUT2D eigenvalue weighted by molar-refractivity contribution is -0.384. The van der Waals surface area contributed by atoms with Gasteiger partial charge in [-0.05, 0) is 48.5 Å². The van der Waals surface area contributed by atoms with Crippen LogP contribution in [0.25, 0.3) is 0 Å². The van der Waals surface area contributed by atoms with Gasteiger partial charge in [0.05, 0.1) is 16.7 Å². The van der Waals surface area contributed by atoms with E-state index in [1.165, 1.54) is 42.5 Å². The number of halogens is 2. The summed E-state index contributed by atoms with van der Waals surface area (Å²) in [6.45, 7) is 0. The predicted octanol–water partition coefficient (Wildman–Crippen LogP) is 5.54. The van der Waals surface area contributed by atoms with Gasteiger partial charge in [0.1, 0.15) is 17.3 Å². The lowest BCUT2D eigenvalue weighted by atomic mass is 10.2. The van der Waals surface area contributed by atoms with E-state index in [2.05, 4.69) is 21.2 Å². The normalized spacial score (nSPS) is 10.3. The SMILES string of the molecule is O=C(Nc1cc(Oc2ccc(F)cc2)cc([N+](=O)[O-])c1)c1ccc(Br)cc1. The zero-order valence-corrected chi connectivity index (χ0v) is 15.3. The molecule has 0 heterocycles. The van der Waals surface area contributed by atoms with Crippen LogP contribution in [0, 0.1) is 15.9 Å². The topological polar surface area (TPSA) is 81.5 Å². The number of ether oxygens (including phenoxy) is 1. The molecule has 0 aliphatic heterocycles. The Balaban J connectivity index is 1.86. The molecule has 0 aliphatic rings. The van der Waals surface area contributed by atoms with E-state index in [4.69, 9.17) is 4.74 Å². The first-order valence-corrected chi connectivity index (χ1v) is 8.50. The predicted molar refractivity (Wildman–Crippen MR) is 102 cm³/mol. The number of carbonyl (C=O) groups excluding carboxylic acids is 1. The molecule has 6 nitrogen and oxygen atoms in total. The smallest absolute Gasteiger partial charge is 0.275 e. The number of non-ortho nitro benzene ring substituents is 1. The van der Waals surface area contributed by atoms with E-state index in [1.54, 1.807) is 24.3 Å². The molecule has 0 saturated carbocycles. The highest BCUT2D eigenvalue weighted by molar-refractivity contribution is 9.10. The Morgan fingerprint density at radius 3 is 2.30 bits per heavy atom. The van der Waals surface area contributed by atoms with Crippen molar-refractivity contribution in [3.63, 3.8) is 0 Å². The van der Waals surface area contributed by atoms with Gasteiger partial charge in [0, 0.05) is 22.2 Å². The third-order valence-electron chi connectivity index (χ3n) is 3.52. The van der Waals surface area contributed by atoms with Crippen molar-refractivity contribution in [1.82, 2.24) is 0 Å². The maximum atomic E-state index is 13.0. The second-order valence-electron chi connectivity index (χ2n) is 5.49. The second kappa shape index (κ2) is 7.96. The van der Waals surface area contributed by atoms with Crippen LogP contribution in [0.15, 0.2) is 71.2 Å². The largest absolute Gasteiger partial charge is 0.457 e. The molecule has 0 unspecified atom stereocenters. The Bertz CT molecular complexity index is 992. The number of rotatable bonds is 5. The third kappa shape index (κ3) is 4.89. The summed E-state index contributed by atoms with van der Waals surface area (Å²) in [7, 11) is 0. The van der Waals surface area contributed by atoms with Crippen LogP contribution in [-0.2, 0) is 0 Å². The molecule has 0 saturated heterocycles.